The van der Waals surface area contributed by atoms with E-state index in [9.17, 15) is 9.00 Å². The second kappa shape index (κ2) is 9.69. The molecule has 0 saturated carbocycles. The molecule has 1 amide bonds. The number of amides is 1. The molecule has 1 aromatic carbocycles. The van der Waals surface area contributed by atoms with Gasteiger partial charge in [0, 0.05) is 11.8 Å². The molecule has 1 aromatic rings. The van der Waals surface area contributed by atoms with Crippen LogP contribution in [0.4, 0.5) is 0 Å². The number of nitrogens with zero attached hydrogens (tertiary/aromatic N) is 1. The summed E-state index contributed by atoms with van der Waals surface area (Å²) in [7, 11) is 2.64. The summed E-state index contributed by atoms with van der Waals surface area (Å²) in [6, 6.07) is 7.11. The molecular formula is C14H18N2O5S. The van der Waals surface area contributed by atoms with Gasteiger partial charge in [0.15, 0.2) is 0 Å². The number of rotatable bonds is 8. The molecule has 0 aliphatic rings. The van der Waals surface area contributed by atoms with Crippen molar-refractivity contribution in [2.75, 3.05) is 14.2 Å². The van der Waals surface area contributed by atoms with Gasteiger partial charge in [-0.15, -0.1) is 0 Å². The Kier molecular flexibility index (Phi) is 7.87. The molecule has 0 heterocycles. The van der Waals surface area contributed by atoms with Crippen molar-refractivity contribution in [1.82, 2.24) is 4.72 Å². The topological polar surface area (TPSA) is 86.2 Å². The van der Waals surface area contributed by atoms with Gasteiger partial charge in [0.2, 0.25) is 0 Å². The first kappa shape index (κ1) is 17.9. The summed E-state index contributed by atoms with van der Waals surface area (Å²) in [5, 5.41) is 3.68. The minimum atomic E-state index is -1.92. The summed E-state index contributed by atoms with van der Waals surface area (Å²) in [5.74, 6) is -0.589. The van der Waals surface area contributed by atoms with Crippen molar-refractivity contribution < 1.29 is 22.8 Å². The Morgan fingerprint density at radius 1 is 1.36 bits per heavy atom. The molecule has 22 heavy (non-hydrogen) atoms. The predicted molar refractivity (Wildman–Crippen MR) is 83.7 cm³/mol. The Morgan fingerprint density at radius 3 is 2.73 bits per heavy atom. The van der Waals surface area contributed by atoms with Crippen molar-refractivity contribution in [3.8, 4) is 0 Å². The van der Waals surface area contributed by atoms with Crippen LogP contribution in [-0.4, -0.2) is 30.6 Å². The van der Waals surface area contributed by atoms with E-state index >= 15 is 0 Å². The van der Waals surface area contributed by atoms with Gasteiger partial charge in [-0.2, -0.15) is 0 Å². The van der Waals surface area contributed by atoms with Gasteiger partial charge in [-0.25, -0.2) is 8.93 Å². The molecule has 1 rings (SSSR count). The van der Waals surface area contributed by atoms with Crippen molar-refractivity contribution in [2.24, 2.45) is 5.16 Å². The molecule has 120 valence electrons. The average Bonchev–Trinajstić information content (AvgIpc) is 2.53. The Morgan fingerprint density at radius 2 is 2.09 bits per heavy atom. The summed E-state index contributed by atoms with van der Waals surface area (Å²) in [4.78, 5) is 17.3. The number of carbonyl (C=O) groups excluding carboxylic acids is 1. The molecule has 1 N–H and O–H groups in total. The zero-order valence-electron chi connectivity index (χ0n) is 12.6. The molecule has 0 saturated heterocycles. The van der Waals surface area contributed by atoms with Crippen LogP contribution in [0.1, 0.15) is 18.1 Å². The standard InChI is InChI=1S/C14H18N2O5S/c1-4-15-21-9-11-7-5-6-8-12(11)13(10-19-2)14(17)16-22(18)20-3/h4-8,10H,9H2,1-3H3,(H,16,17)/b13-10+,15-4-. The van der Waals surface area contributed by atoms with E-state index in [1.165, 1.54) is 26.7 Å². The zero-order chi connectivity index (χ0) is 16.4. The van der Waals surface area contributed by atoms with E-state index in [2.05, 4.69) is 14.1 Å². The van der Waals surface area contributed by atoms with E-state index < -0.39 is 17.2 Å². The third-order valence-electron chi connectivity index (χ3n) is 2.52. The number of nitrogens with one attached hydrogen (secondary N) is 1. The van der Waals surface area contributed by atoms with Crippen LogP contribution < -0.4 is 4.72 Å². The largest absolute Gasteiger partial charge is 0.504 e. The van der Waals surface area contributed by atoms with Crippen LogP contribution in [-0.2, 0) is 36.4 Å². The van der Waals surface area contributed by atoms with Gasteiger partial charge in [0.25, 0.3) is 17.2 Å². The van der Waals surface area contributed by atoms with Gasteiger partial charge < -0.3 is 9.57 Å². The second-order valence-corrected chi connectivity index (χ2v) is 4.90. The fourth-order valence-corrected chi connectivity index (χ4v) is 1.96. The maximum Gasteiger partial charge on any atom is 0.268 e. The lowest BCUT2D eigenvalue weighted by Crippen LogP contribution is -2.27. The molecule has 0 spiro atoms. The lowest BCUT2D eigenvalue weighted by Gasteiger charge is -2.11. The van der Waals surface area contributed by atoms with Gasteiger partial charge in [0.1, 0.15) is 6.61 Å². The molecular weight excluding hydrogens is 308 g/mol. The van der Waals surface area contributed by atoms with Crippen molar-refractivity contribution >= 4 is 29.0 Å². The molecule has 8 heteroatoms. The van der Waals surface area contributed by atoms with Crippen molar-refractivity contribution in [3.63, 3.8) is 0 Å². The molecule has 7 nitrogen and oxygen atoms in total. The van der Waals surface area contributed by atoms with Gasteiger partial charge in [0.05, 0.1) is 26.1 Å². The Bertz CT molecular complexity index is 586. The van der Waals surface area contributed by atoms with Crippen molar-refractivity contribution in [1.29, 1.82) is 0 Å². The van der Waals surface area contributed by atoms with E-state index in [-0.39, 0.29) is 12.2 Å². The number of hydrogen-bond acceptors (Lipinski definition) is 6. The molecule has 0 aliphatic carbocycles. The van der Waals surface area contributed by atoms with Crippen molar-refractivity contribution in [3.05, 3.63) is 41.7 Å². The first-order valence-electron chi connectivity index (χ1n) is 6.32. The lowest BCUT2D eigenvalue weighted by molar-refractivity contribution is -0.114. The normalized spacial score (nSPS) is 13.0. The summed E-state index contributed by atoms with van der Waals surface area (Å²) >= 11 is -1.92. The number of hydrogen-bond donors (Lipinski definition) is 1. The Labute approximate surface area is 131 Å². The van der Waals surface area contributed by atoms with E-state index in [1.54, 1.807) is 25.1 Å². The zero-order valence-corrected chi connectivity index (χ0v) is 13.4. The van der Waals surface area contributed by atoms with Gasteiger partial charge in [-0.3, -0.25) is 8.98 Å². The van der Waals surface area contributed by atoms with Crippen LogP contribution >= 0.6 is 0 Å². The van der Waals surface area contributed by atoms with E-state index in [0.717, 1.165) is 5.56 Å². The molecule has 1 atom stereocenters. The molecule has 0 radical (unpaired) electrons. The maximum absolute atomic E-state index is 12.2. The third-order valence-corrected chi connectivity index (χ3v) is 3.17. The first-order valence-corrected chi connectivity index (χ1v) is 7.40. The number of oxime groups is 1. The van der Waals surface area contributed by atoms with E-state index in [1.807, 2.05) is 6.07 Å². The monoisotopic (exact) mass is 326 g/mol. The van der Waals surface area contributed by atoms with Crippen LogP contribution in [0, 0.1) is 0 Å². The van der Waals surface area contributed by atoms with E-state index in [4.69, 9.17) is 9.57 Å². The summed E-state index contributed by atoms with van der Waals surface area (Å²) in [6.45, 7) is 1.91. The minimum absolute atomic E-state index is 0.183. The smallest absolute Gasteiger partial charge is 0.268 e. The number of benzene rings is 1. The van der Waals surface area contributed by atoms with Crippen LogP contribution in [0.25, 0.3) is 5.57 Å². The summed E-state index contributed by atoms with van der Waals surface area (Å²) in [5.41, 5.74) is 1.52. The van der Waals surface area contributed by atoms with Gasteiger partial charge in [-0.05, 0) is 12.5 Å². The van der Waals surface area contributed by atoms with Gasteiger partial charge in [-0.1, -0.05) is 29.4 Å². The first-order chi connectivity index (χ1) is 10.6. The fourth-order valence-electron chi connectivity index (χ4n) is 1.62. The molecule has 0 aromatic heterocycles. The minimum Gasteiger partial charge on any atom is -0.504 e. The van der Waals surface area contributed by atoms with Crippen LogP contribution in [0.2, 0.25) is 0 Å². The quantitative estimate of drug-likeness (QED) is 0.339. The highest BCUT2D eigenvalue weighted by Crippen LogP contribution is 2.21. The number of carbonyl (C=O) groups is 1. The van der Waals surface area contributed by atoms with Crippen LogP contribution in [0.5, 0.6) is 0 Å². The highest BCUT2D eigenvalue weighted by atomic mass is 32.2. The highest BCUT2D eigenvalue weighted by Gasteiger charge is 2.18. The Hall–Kier alpha value is -2.19. The number of methoxy groups -OCH3 is 1. The lowest BCUT2D eigenvalue weighted by atomic mass is 10.0. The molecule has 0 bridgehead atoms. The molecule has 0 fully saturated rings. The Balaban J connectivity index is 3.08. The fraction of sp³-hybridized carbons (Fsp3) is 0.286. The SMILES string of the molecule is C/C=N\OCc1ccccc1/C(=C\OC)C(=O)NS(=O)OC. The third kappa shape index (κ3) is 5.30. The summed E-state index contributed by atoms with van der Waals surface area (Å²) < 4.78 is 23.0. The highest BCUT2D eigenvalue weighted by molar-refractivity contribution is 7.78. The van der Waals surface area contributed by atoms with Crippen LogP contribution in [0.15, 0.2) is 35.7 Å². The molecule has 1 unspecified atom stereocenters. The van der Waals surface area contributed by atoms with Crippen molar-refractivity contribution in [2.45, 2.75) is 13.5 Å². The average molecular weight is 326 g/mol. The van der Waals surface area contributed by atoms with Crippen LogP contribution in [0.3, 0.4) is 0 Å². The van der Waals surface area contributed by atoms with E-state index in [0.29, 0.717) is 5.56 Å². The molecule has 0 aliphatic heterocycles. The predicted octanol–water partition coefficient (Wildman–Crippen LogP) is 1.54. The van der Waals surface area contributed by atoms with Gasteiger partial charge >= 0.3 is 0 Å². The summed E-state index contributed by atoms with van der Waals surface area (Å²) in [6.07, 6.45) is 2.78. The number of ether oxygens (including phenoxy) is 1. The second-order valence-electron chi connectivity index (χ2n) is 3.89. The maximum atomic E-state index is 12.2.